The Morgan fingerprint density at radius 1 is 0.266 bits per heavy atom. The Bertz CT molecular complexity index is 1680. The number of esters is 3. The molecule has 0 aliphatic heterocycles. The molecule has 0 aromatic heterocycles. The van der Waals surface area contributed by atoms with Crippen molar-refractivity contribution in [2.45, 2.75) is 297 Å². The minimum absolute atomic E-state index is 0.0832. The molecule has 0 fully saturated rings. The summed E-state index contributed by atoms with van der Waals surface area (Å²) < 4.78 is 16.8. The van der Waals surface area contributed by atoms with Gasteiger partial charge in [0.25, 0.3) is 0 Å². The molecule has 0 saturated carbocycles. The van der Waals surface area contributed by atoms with Gasteiger partial charge in [-0.1, -0.05) is 289 Å². The average molecular weight is 1090 g/mol. The molecule has 0 saturated heterocycles. The molecule has 79 heavy (non-hydrogen) atoms. The van der Waals surface area contributed by atoms with Gasteiger partial charge in [0.1, 0.15) is 13.2 Å². The van der Waals surface area contributed by atoms with E-state index < -0.39 is 6.10 Å². The van der Waals surface area contributed by atoms with Crippen LogP contribution in [0.2, 0.25) is 0 Å². The number of rotatable bonds is 58. The van der Waals surface area contributed by atoms with Gasteiger partial charge in [-0.25, -0.2) is 0 Å². The van der Waals surface area contributed by atoms with E-state index in [1.54, 1.807) is 0 Å². The van der Waals surface area contributed by atoms with Gasteiger partial charge in [-0.3, -0.25) is 14.4 Å². The third-order valence-corrected chi connectivity index (χ3v) is 13.7. The molecule has 0 bridgehead atoms. The Morgan fingerprint density at radius 3 is 0.772 bits per heavy atom. The Kier molecular flexibility index (Phi) is 62.3. The van der Waals surface area contributed by atoms with E-state index >= 15 is 0 Å². The number of unbranched alkanes of at least 4 members (excludes halogenated alkanes) is 25. The van der Waals surface area contributed by atoms with Gasteiger partial charge in [0.05, 0.1) is 0 Å². The summed E-state index contributed by atoms with van der Waals surface area (Å²) in [6.07, 6.45) is 93.4. The molecule has 448 valence electrons. The van der Waals surface area contributed by atoms with Crippen molar-refractivity contribution in [1.29, 1.82) is 0 Å². The van der Waals surface area contributed by atoms with Crippen molar-refractivity contribution in [2.24, 2.45) is 0 Å². The second-order valence-corrected chi connectivity index (χ2v) is 21.3. The van der Waals surface area contributed by atoms with Gasteiger partial charge in [-0.05, 0) is 116 Å². The molecule has 6 nitrogen and oxygen atoms in total. The van der Waals surface area contributed by atoms with E-state index in [4.69, 9.17) is 14.2 Å². The zero-order valence-electron chi connectivity index (χ0n) is 51.3. The Balaban J connectivity index is 4.17. The smallest absolute Gasteiger partial charge is 0.306 e. The second-order valence-electron chi connectivity index (χ2n) is 21.3. The fourth-order valence-corrected chi connectivity index (χ4v) is 8.83. The minimum Gasteiger partial charge on any atom is -0.462 e. The maximum atomic E-state index is 12.9. The molecule has 0 aromatic carbocycles. The quantitative estimate of drug-likeness (QED) is 0.0261. The Hall–Kier alpha value is -4.45. The average Bonchev–Trinajstić information content (AvgIpc) is 3.45. The van der Waals surface area contributed by atoms with Crippen LogP contribution in [0.15, 0.2) is 134 Å². The molecule has 0 spiro atoms. The molecule has 0 aliphatic rings. The van der Waals surface area contributed by atoms with Crippen LogP contribution in [0.25, 0.3) is 0 Å². The Morgan fingerprint density at radius 2 is 0.494 bits per heavy atom. The van der Waals surface area contributed by atoms with Crippen LogP contribution in [0.4, 0.5) is 0 Å². The number of carbonyl (C=O) groups is 3. The molecule has 0 aromatic rings. The van der Waals surface area contributed by atoms with Gasteiger partial charge in [-0.15, -0.1) is 0 Å². The number of carbonyl (C=O) groups excluding carboxylic acids is 3. The van der Waals surface area contributed by atoms with Crippen LogP contribution in [0.1, 0.15) is 290 Å². The molecular weight excluding hydrogens is 973 g/mol. The maximum Gasteiger partial charge on any atom is 0.306 e. The van der Waals surface area contributed by atoms with E-state index in [1.165, 1.54) is 116 Å². The lowest BCUT2D eigenvalue weighted by molar-refractivity contribution is -0.167. The van der Waals surface area contributed by atoms with Crippen LogP contribution in [0.5, 0.6) is 0 Å². The van der Waals surface area contributed by atoms with Crippen LogP contribution >= 0.6 is 0 Å². The van der Waals surface area contributed by atoms with Gasteiger partial charge in [-0.2, -0.15) is 0 Å². The maximum absolute atomic E-state index is 12.9. The molecule has 0 rings (SSSR count). The number of ether oxygens (including phenoxy) is 3. The summed E-state index contributed by atoms with van der Waals surface area (Å²) in [4.78, 5) is 38.1. The SMILES string of the molecule is CC/C=C\C/C=C\C/C=C\C/C=C\C/C=C\C/C=C\CCCCCCCCCCCCC(=O)OCC(COC(=O)CCCCCCCCC)OC(=O)CCCCCCCCCCC/C=C\C/C=C\C/C=C\C/C=C\C/C=C\CC. The summed E-state index contributed by atoms with van der Waals surface area (Å²) in [7, 11) is 0. The van der Waals surface area contributed by atoms with E-state index in [-0.39, 0.29) is 31.1 Å². The van der Waals surface area contributed by atoms with E-state index in [0.29, 0.717) is 19.3 Å². The van der Waals surface area contributed by atoms with Crippen molar-refractivity contribution in [3.8, 4) is 0 Å². The molecule has 0 N–H and O–H groups in total. The summed E-state index contributed by atoms with van der Waals surface area (Å²) >= 11 is 0. The van der Waals surface area contributed by atoms with E-state index in [1.807, 2.05) is 0 Å². The van der Waals surface area contributed by atoms with Gasteiger partial charge < -0.3 is 14.2 Å². The van der Waals surface area contributed by atoms with Gasteiger partial charge in [0.2, 0.25) is 0 Å². The van der Waals surface area contributed by atoms with Gasteiger partial charge in [0, 0.05) is 19.3 Å². The predicted molar refractivity (Wildman–Crippen MR) is 343 cm³/mol. The highest BCUT2D eigenvalue weighted by Gasteiger charge is 2.19. The summed E-state index contributed by atoms with van der Waals surface area (Å²) in [5.74, 6) is -0.898. The standard InChI is InChI=1S/C73H120O6/c1-4-7-10-13-16-18-20-22-24-26-28-30-32-34-35-36-37-39-40-42-44-46-48-50-52-54-57-60-63-66-72(75)78-69-70(68-77-71(74)65-62-59-56-15-12-9-6-3)79-73(76)67-64-61-58-55-53-51-49-47-45-43-41-38-33-31-29-27-25-23-21-19-17-14-11-8-5-2/h7-8,10-11,16-19,22-25,28-31,34-35,37-39,41,70H,4-6,9,12-15,20-21,26-27,32-33,36,40,42-69H2,1-3H3/b10-7-,11-8-,18-16-,19-17-,24-22-,25-23-,30-28-,31-29-,35-34-,39-37-,41-38-. The lowest BCUT2D eigenvalue weighted by Gasteiger charge is -2.18. The van der Waals surface area contributed by atoms with Crippen LogP contribution in [0.3, 0.4) is 0 Å². The molecule has 0 amide bonds. The monoisotopic (exact) mass is 1090 g/mol. The zero-order valence-corrected chi connectivity index (χ0v) is 51.3. The molecule has 6 heteroatoms. The van der Waals surface area contributed by atoms with Crippen LogP contribution in [-0.4, -0.2) is 37.2 Å². The van der Waals surface area contributed by atoms with Crippen molar-refractivity contribution < 1.29 is 28.6 Å². The molecular formula is C73H120O6. The fourth-order valence-electron chi connectivity index (χ4n) is 8.83. The van der Waals surface area contributed by atoms with Crippen LogP contribution < -0.4 is 0 Å². The highest BCUT2D eigenvalue weighted by atomic mass is 16.6. The lowest BCUT2D eigenvalue weighted by Crippen LogP contribution is -2.30. The third kappa shape index (κ3) is 64.3. The van der Waals surface area contributed by atoms with Gasteiger partial charge in [0.15, 0.2) is 6.10 Å². The first kappa shape index (κ1) is 74.5. The summed E-state index contributed by atoms with van der Waals surface area (Å²) in [5, 5.41) is 0. The highest BCUT2D eigenvalue weighted by molar-refractivity contribution is 5.71. The summed E-state index contributed by atoms with van der Waals surface area (Å²) in [6.45, 7) is 6.37. The highest BCUT2D eigenvalue weighted by Crippen LogP contribution is 2.16. The topological polar surface area (TPSA) is 78.9 Å². The predicted octanol–water partition coefficient (Wildman–Crippen LogP) is 22.5. The van der Waals surface area contributed by atoms with Crippen molar-refractivity contribution in [3.05, 3.63) is 134 Å². The molecule has 1 unspecified atom stereocenters. The number of allylic oxidation sites excluding steroid dienone is 22. The Labute approximate surface area is 487 Å². The first-order valence-corrected chi connectivity index (χ1v) is 32.7. The number of hydrogen-bond acceptors (Lipinski definition) is 6. The summed E-state index contributed by atoms with van der Waals surface area (Å²) in [6, 6.07) is 0. The van der Waals surface area contributed by atoms with Crippen molar-refractivity contribution in [3.63, 3.8) is 0 Å². The van der Waals surface area contributed by atoms with Crippen molar-refractivity contribution >= 4 is 17.9 Å². The molecule has 0 heterocycles. The normalized spacial score (nSPS) is 13.0. The van der Waals surface area contributed by atoms with Crippen molar-refractivity contribution in [2.75, 3.05) is 13.2 Å². The lowest BCUT2D eigenvalue weighted by atomic mass is 10.1. The first-order chi connectivity index (χ1) is 39.0. The van der Waals surface area contributed by atoms with E-state index in [9.17, 15) is 14.4 Å². The molecule has 0 aliphatic carbocycles. The molecule has 0 radical (unpaired) electrons. The minimum atomic E-state index is -0.785. The first-order valence-electron chi connectivity index (χ1n) is 32.7. The zero-order chi connectivity index (χ0) is 57.1. The third-order valence-electron chi connectivity index (χ3n) is 13.7. The second kappa shape index (κ2) is 66.1. The van der Waals surface area contributed by atoms with E-state index in [0.717, 1.165) is 135 Å². The van der Waals surface area contributed by atoms with Crippen LogP contribution in [0, 0.1) is 0 Å². The summed E-state index contributed by atoms with van der Waals surface area (Å²) in [5.41, 5.74) is 0. The molecule has 1 atom stereocenters. The number of hydrogen-bond donors (Lipinski definition) is 0. The largest absolute Gasteiger partial charge is 0.462 e. The van der Waals surface area contributed by atoms with Gasteiger partial charge >= 0.3 is 17.9 Å². The van der Waals surface area contributed by atoms with E-state index in [2.05, 4.69) is 154 Å². The van der Waals surface area contributed by atoms with Crippen LogP contribution in [-0.2, 0) is 28.6 Å². The van der Waals surface area contributed by atoms with Crippen molar-refractivity contribution in [1.82, 2.24) is 0 Å². The fraction of sp³-hybridized carbons (Fsp3) is 0.658.